The minimum Gasteiger partial charge on any atom is -0.368 e. The van der Waals surface area contributed by atoms with Gasteiger partial charge in [0.1, 0.15) is 11.1 Å². The van der Waals surface area contributed by atoms with E-state index in [0.29, 0.717) is 38.2 Å². The Morgan fingerprint density at radius 3 is 2.33 bits per heavy atom. The highest BCUT2D eigenvalue weighted by Gasteiger charge is 2.57. The van der Waals surface area contributed by atoms with Crippen molar-refractivity contribution >= 4 is 21.6 Å². The molecular weight excluding hydrogens is 441 g/mol. The van der Waals surface area contributed by atoms with E-state index in [2.05, 4.69) is 4.90 Å². The fourth-order valence-corrected chi connectivity index (χ4v) is 7.66. The minimum atomic E-state index is -3.60. The summed E-state index contributed by atoms with van der Waals surface area (Å²) in [5.74, 6) is -0.323. The molecule has 1 spiro atoms. The molecule has 1 atom stereocenters. The van der Waals surface area contributed by atoms with Gasteiger partial charge in [0.2, 0.25) is 15.9 Å². The van der Waals surface area contributed by atoms with Crippen molar-refractivity contribution in [2.45, 2.75) is 49.9 Å². The van der Waals surface area contributed by atoms with E-state index < -0.39 is 15.3 Å². The van der Waals surface area contributed by atoms with Gasteiger partial charge in [0.05, 0.1) is 0 Å². The third-order valence-corrected chi connectivity index (χ3v) is 9.86. The molecule has 0 bridgehead atoms. The number of halogens is 1. The number of sulfonamides is 1. The number of hydrogen-bond acceptors (Lipinski definition) is 4. The minimum absolute atomic E-state index is 0.0572. The van der Waals surface area contributed by atoms with Gasteiger partial charge in [-0.3, -0.25) is 4.79 Å². The van der Waals surface area contributed by atoms with Crippen molar-refractivity contribution in [3.8, 4) is 0 Å². The van der Waals surface area contributed by atoms with E-state index in [-0.39, 0.29) is 23.8 Å². The third-order valence-electron chi connectivity index (χ3n) is 7.51. The Bertz CT molecular complexity index is 1140. The Kier molecular flexibility index (Phi) is 5.69. The zero-order valence-electron chi connectivity index (χ0n) is 18.9. The molecule has 8 heteroatoms. The summed E-state index contributed by atoms with van der Waals surface area (Å²) < 4.78 is 44.1. The first kappa shape index (κ1) is 22.3. The maximum Gasteiger partial charge on any atom is 0.221 e. The molecule has 2 saturated heterocycles. The van der Waals surface area contributed by atoms with E-state index >= 15 is 4.39 Å². The molecule has 176 valence electrons. The molecule has 0 N–H and O–H groups in total. The second kappa shape index (κ2) is 8.40. The first-order chi connectivity index (χ1) is 15.8. The maximum absolute atomic E-state index is 15.2. The van der Waals surface area contributed by atoms with Crippen molar-refractivity contribution < 1.29 is 17.6 Å². The van der Waals surface area contributed by atoms with Crippen molar-refractivity contribution in [1.82, 2.24) is 9.21 Å². The number of piperazine rings is 1. The van der Waals surface area contributed by atoms with Crippen LogP contribution in [0.1, 0.15) is 49.0 Å². The average molecular weight is 472 g/mol. The molecule has 2 aromatic carbocycles. The number of rotatable bonds is 4. The van der Waals surface area contributed by atoms with Crippen LogP contribution >= 0.6 is 0 Å². The van der Waals surface area contributed by atoms with Crippen molar-refractivity contribution in [2.75, 3.05) is 31.1 Å². The summed E-state index contributed by atoms with van der Waals surface area (Å²) >= 11 is 0. The van der Waals surface area contributed by atoms with Crippen molar-refractivity contribution in [3.05, 3.63) is 65.5 Å². The SMILES string of the molecule is CC(=O)N1CCN(c2ccc(CN3C4(CC[C@H](c5ccccc5)S3(=O)=O)CC4)c(F)c2)CC1. The zero-order valence-corrected chi connectivity index (χ0v) is 19.7. The van der Waals surface area contributed by atoms with Gasteiger partial charge < -0.3 is 9.80 Å². The predicted octanol–water partition coefficient (Wildman–Crippen LogP) is 3.69. The van der Waals surface area contributed by atoms with Gasteiger partial charge in [-0.15, -0.1) is 0 Å². The van der Waals surface area contributed by atoms with Gasteiger partial charge >= 0.3 is 0 Å². The molecule has 0 unspecified atom stereocenters. The van der Waals surface area contributed by atoms with E-state index in [1.807, 2.05) is 36.4 Å². The number of carbonyl (C=O) groups is 1. The molecule has 5 rings (SSSR count). The Balaban J connectivity index is 1.36. The van der Waals surface area contributed by atoms with Crippen LogP contribution in [0.25, 0.3) is 0 Å². The van der Waals surface area contributed by atoms with Gasteiger partial charge in [-0.25, -0.2) is 12.8 Å². The summed E-state index contributed by atoms with van der Waals surface area (Å²) in [6, 6.07) is 14.4. The first-order valence-corrected chi connectivity index (χ1v) is 13.2. The smallest absolute Gasteiger partial charge is 0.221 e. The molecule has 0 radical (unpaired) electrons. The number of hydrogen-bond donors (Lipinski definition) is 0. The van der Waals surface area contributed by atoms with E-state index in [1.165, 1.54) is 6.07 Å². The third kappa shape index (κ3) is 4.15. The largest absolute Gasteiger partial charge is 0.368 e. The predicted molar refractivity (Wildman–Crippen MR) is 126 cm³/mol. The topological polar surface area (TPSA) is 60.9 Å². The summed E-state index contributed by atoms with van der Waals surface area (Å²) in [7, 11) is -3.60. The maximum atomic E-state index is 15.2. The average Bonchev–Trinajstić information content (AvgIpc) is 3.58. The van der Waals surface area contributed by atoms with Crippen LogP contribution in [0.2, 0.25) is 0 Å². The highest BCUT2D eigenvalue weighted by Crippen LogP contribution is 2.55. The first-order valence-electron chi connectivity index (χ1n) is 11.7. The molecule has 3 fully saturated rings. The fraction of sp³-hybridized carbons (Fsp3) is 0.480. The number of anilines is 1. The van der Waals surface area contributed by atoms with Gasteiger partial charge in [-0.05, 0) is 43.4 Å². The Hall–Kier alpha value is -2.45. The lowest BCUT2D eigenvalue weighted by Crippen LogP contribution is -2.48. The van der Waals surface area contributed by atoms with Gasteiger partial charge in [-0.2, -0.15) is 4.31 Å². The highest BCUT2D eigenvalue weighted by molar-refractivity contribution is 7.89. The van der Waals surface area contributed by atoms with Crippen LogP contribution in [0.4, 0.5) is 10.1 Å². The van der Waals surface area contributed by atoms with E-state index in [9.17, 15) is 13.2 Å². The summed E-state index contributed by atoms with van der Waals surface area (Å²) in [6.07, 6.45) is 3.10. The highest BCUT2D eigenvalue weighted by atomic mass is 32.2. The molecule has 1 saturated carbocycles. The normalized spacial score (nSPS) is 24.1. The zero-order chi connectivity index (χ0) is 23.2. The molecule has 2 aliphatic heterocycles. The van der Waals surface area contributed by atoms with E-state index in [0.717, 1.165) is 30.5 Å². The molecule has 33 heavy (non-hydrogen) atoms. The molecule has 1 amide bonds. The fourth-order valence-electron chi connectivity index (χ4n) is 5.30. The van der Waals surface area contributed by atoms with E-state index in [1.54, 1.807) is 22.2 Å². The van der Waals surface area contributed by atoms with Crippen LogP contribution in [0.5, 0.6) is 0 Å². The molecule has 1 aliphatic carbocycles. The standard InChI is InChI=1S/C25H30FN3O3S/c1-19(30)27-13-15-28(16-14-27)22-8-7-21(23(26)17-22)18-29-25(11-12-25)10-9-24(33(29,31)32)20-5-3-2-4-6-20/h2-8,17,24H,9-16,18H2,1H3/t24-/m1/s1. The lowest BCUT2D eigenvalue weighted by Gasteiger charge is -2.40. The number of amides is 1. The summed E-state index contributed by atoms with van der Waals surface area (Å²) in [4.78, 5) is 15.4. The summed E-state index contributed by atoms with van der Waals surface area (Å²) in [5, 5.41) is -0.579. The molecule has 3 aliphatic rings. The van der Waals surface area contributed by atoms with E-state index in [4.69, 9.17) is 0 Å². The molecule has 6 nitrogen and oxygen atoms in total. The Labute approximate surface area is 195 Å². The Morgan fingerprint density at radius 2 is 1.73 bits per heavy atom. The number of carbonyl (C=O) groups excluding carboxylic acids is 1. The van der Waals surface area contributed by atoms with Crippen LogP contribution in [-0.4, -0.2) is 55.2 Å². The van der Waals surface area contributed by atoms with Crippen LogP contribution in [0.3, 0.4) is 0 Å². The summed E-state index contributed by atoms with van der Waals surface area (Å²) in [5.41, 5.74) is 1.63. The van der Waals surface area contributed by atoms with Gasteiger partial charge in [-0.1, -0.05) is 36.4 Å². The van der Waals surface area contributed by atoms with Gasteiger partial charge in [0.25, 0.3) is 0 Å². The van der Waals surface area contributed by atoms with Crippen LogP contribution in [0, 0.1) is 5.82 Å². The van der Waals surface area contributed by atoms with Crippen LogP contribution in [0.15, 0.2) is 48.5 Å². The van der Waals surface area contributed by atoms with Gasteiger partial charge in [0.15, 0.2) is 0 Å². The summed E-state index contributed by atoms with van der Waals surface area (Å²) in [6.45, 7) is 4.17. The number of benzene rings is 2. The molecular formula is C25H30FN3O3S. The van der Waals surface area contributed by atoms with Crippen molar-refractivity contribution in [3.63, 3.8) is 0 Å². The van der Waals surface area contributed by atoms with Crippen LogP contribution < -0.4 is 4.90 Å². The second-order valence-electron chi connectivity index (χ2n) is 9.48. The lowest BCUT2D eigenvalue weighted by atomic mass is 10.0. The van der Waals surface area contributed by atoms with Crippen molar-refractivity contribution in [2.24, 2.45) is 0 Å². The quantitative estimate of drug-likeness (QED) is 0.682. The molecule has 2 aromatic rings. The lowest BCUT2D eigenvalue weighted by molar-refractivity contribution is -0.129. The monoisotopic (exact) mass is 471 g/mol. The van der Waals surface area contributed by atoms with Crippen LogP contribution in [-0.2, 0) is 21.4 Å². The second-order valence-corrected chi connectivity index (χ2v) is 11.5. The Morgan fingerprint density at radius 1 is 1.03 bits per heavy atom. The van der Waals surface area contributed by atoms with Crippen molar-refractivity contribution in [1.29, 1.82) is 0 Å². The number of nitrogens with zero attached hydrogens (tertiary/aromatic N) is 3. The molecule has 2 heterocycles. The van der Waals surface area contributed by atoms with Gasteiger partial charge in [0, 0.05) is 56.4 Å². The molecule has 0 aromatic heterocycles.